The maximum Gasteiger partial charge on any atom is 0.316 e. The Bertz CT molecular complexity index is 1190. The van der Waals surface area contributed by atoms with Gasteiger partial charge in [0.25, 0.3) is 0 Å². The van der Waals surface area contributed by atoms with E-state index in [4.69, 9.17) is 5.73 Å². The number of carbonyl (C=O) groups is 1. The van der Waals surface area contributed by atoms with Crippen molar-refractivity contribution in [3.05, 3.63) is 65.4 Å². The van der Waals surface area contributed by atoms with Crippen molar-refractivity contribution in [3.8, 4) is 11.3 Å². The van der Waals surface area contributed by atoms with Crippen LogP contribution >= 0.6 is 11.3 Å². The second-order valence-electron chi connectivity index (χ2n) is 6.70. The Hall–Kier alpha value is -3.52. The lowest BCUT2D eigenvalue weighted by Crippen LogP contribution is -2.19. The SMILES string of the molecule is Cc1nc(NC(C)c2cccc(NC(N)=O)c2)cc(-c2ccc3ncsc3c2)n1. The molecule has 7 nitrogen and oxygen atoms in total. The van der Waals surface area contributed by atoms with Crippen LogP contribution in [-0.2, 0) is 0 Å². The molecular formula is C21H20N6OS. The summed E-state index contributed by atoms with van der Waals surface area (Å²) in [5, 5.41) is 6.01. The summed E-state index contributed by atoms with van der Waals surface area (Å²) in [6, 6.07) is 15.0. The monoisotopic (exact) mass is 404 g/mol. The van der Waals surface area contributed by atoms with Gasteiger partial charge in [-0.05, 0) is 43.7 Å². The summed E-state index contributed by atoms with van der Waals surface area (Å²) in [6.45, 7) is 3.91. The highest BCUT2D eigenvalue weighted by Gasteiger charge is 2.11. The van der Waals surface area contributed by atoms with Crippen LogP contribution in [0.25, 0.3) is 21.5 Å². The molecule has 0 saturated carbocycles. The Morgan fingerprint density at radius 2 is 2.00 bits per heavy atom. The van der Waals surface area contributed by atoms with Gasteiger partial charge in [-0.3, -0.25) is 0 Å². The first-order valence-electron chi connectivity index (χ1n) is 9.10. The molecule has 29 heavy (non-hydrogen) atoms. The molecule has 0 aliphatic rings. The van der Waals surface area contributed by atoms with E-state index in [2.05, 4.69) is 31.7 Å². The van der Waals surface area contributed by atoms with Crippen LogP contribution in [0.5, 0.6) is 0 Å². The van der Waals surface area contributed by atoms with Crippen LogP contribution in [0.3, 0.4) is 0 Å². The molecule has 2 heterocycles. The van der Waals surface area contributed by atoms with Crippen molar-refractivity contribution in [2.45, 2.75) is 19.9 Å². The lowest BCUT2D eigenvalue weighted by molar-refractivity contribution is 0.259. The van der Waals surface area contributed by atoms with Gasteiger partial charge >= 0.3 is 6.03 Å². The van der Waals surface area contributed by atoms with Crippen molar-refractivity contribution in [2.75, 3.05) is 10.6 Å². The predicted octanol–water partition coefficient (Wildman–Crippen LogP) is 4.73. The molecule has 0 bridgehead atoms. The first-order chi connectivity index (χ1) is 14.0. The van der Waals surface area contributed by atoms with E-state index in [0.717, 1.165) is 32.9 Å². The Balaban J connectivity index is 1.60. The van der Waals surface area contributed by atoms with Gasteiger partial charge in [0.2, 0.25) is 0 Å². The van der Waals surface area contributed by atoms with Crippen LogP contribution in [-0.4, -0.2) is 21.0 Å². The zero-order chi connectivity index (χ0) is 20.4. The van der Waals surface area contributed by atoms with Crippen LogP contribution in [0.2, 0.25) is 0 Å². The first kappa shape index (κ1) is 18.8. The van der Waals surface area contributed by atoms with E-state index in [1.165, 1.54) is 0 Å². The standard InChI is InChI=1S/C21H20N6OS/c1-12(14-4-3-5-16(8-14)27-21(22)28)24-20-10-18(25-13(2)26-20)15-6-7-17-19(9-15)29-11-23-17/h3-12H,1-2H3,(H3,22,27,28)(H,24,25,26). The molecule has 0 aliphatic carbocycles. The molecule has 0 saturated heterocycles. The van der Waals surface area contributed by atoms with Crippen molar-refractivity contribution in [3.63, 3.8) is 0 Å². The van der Waals surface area contributed by atoms with Gasteiger partial charge in [0.1, 0.15) is 11.6 Å². The van der Waals surface area contributed by atoms with Crippen LogP contribution in [0.1, 0.15) is 24.4 Å². The van der Waals surface area contributed by atoms with E-state index < -0.39 is 6.03 Å². The molecule has 4 rings (SSSR count). The molecule has 0 spiro atoms. The van der Waals surface area contributed by atoms with Gasteiger partial charge in [-0.2, -0.15) is 0 Å². The summed E-state index contributed by atoms with van der Waals surface area (Å²) < 4.78 is 1.13. The molecule has 0 fully saturated rings. The number of urea groups is 1. The number of nitrogens with one attached hydrogen (secondary N) is 2. The second kappa shape index (κ2) is 7.84. The Labute approximate surface area is 172 Å². The Morgan fingerprint density at radius 3 is 2.83 bits per heavy atom. The van der Waals surface area contributed by atoms with Crippen molar-refractivity contribution < 1.29 is 4.79 Å². The third kappa shape index (κ3) is 4.33. The summed E-state index contributed by atoms with van der Waals surface area (Å²) in [5.41, 5.74) is 11.6. The number of fused-ring (bicyclic) bond motifs is 1. The molecule has 146 valence electrons. The van der Waals surface area contributed by atoms with E-state index in [-0.39, 0.29) is 6.04 Å². The van der Waals surface area contributed by atoms with Crippen LogP contribution in [0.4, 0.5) is 16.3 Å². The normalized spacial score (nSPS) is 11.9. The van der Waals surface area contributed by atoms with Crippen molar-refractivity contribution in [1.82, 2.24) is 15.0 Å². The molecule has 0 radical (unpaired) electrons. The number of nitrogens with two attached hydrogens (primary N) is 1. The molecule has 2 aromatic carbocycles. The minimum atomic E-state index is -0.586. The van der Waals surface area contributed by atoms with Gasteiger partial charge < -0.3 is 16.4 Å². The highest BCUT2D eigenvalue weighted by Crippen LogP contribution is 2.27. The van der Waals surface area contributed by atoms with Gasteiger partial charge in [-0.25, -0.2) is 19.7 Å². The number of hydrogen-bond donors (Lipinski definition) is 3. The highest BCUT2D eigenvalue weighted by atomic mass is 32.1. The third-order valence-corrected chi connectivity index (χ3v) is 5.28. The van der Waals surface area contributed by atoms with Crippen LogP contribution < -0.4 is 16.4 Å². The number of thiazole rings is 1. The van der Waals surface area contributed by atoms with E-state index in [0.29, 0.717) is 11.5 Å². The number of aryl methyl sites for hydroxylation is 1. The topological polar surface area (TPSA) is 106 Å². The molecule has 2 amide bonds. The predicted molar refractivity (Wildman–Crippen MR) is 117 cm³/mol. The zero-order valence-electron chi connectivity index (χ0n) is 16.0. The first-order valence-corrected chi connectivity index (χ1v) is 9.98. The van der Waals surface area contributed by atoms with Crippen molar-refractivity contribution >= 4 is 39.1 Å². The van der Waals surface area contributed by atoms with Gasteiger partial charge in [0.05, 0.1) is 27.5 Å². The summed E-state index contributed by atoms with van der Waals surface area (Å²) >= 11 is 1.61. The quantitative estimate of drug-likeness (QED) is 0.446. The second-order valence-corrected chi connectivity index (χ2v) is 7.59. The Morgan fingerprint density at radius 1 is 1.14 bits per heavy atom. The van der Waals surface area contributed by atoms with E-state index >= 15 is 0 Å². The molecule has 8 heteroatoms. The van der Waals surface area contributed by atoms with Gasteiger partial charge in [0.15, 0.2) is 0 Å². The van der Waals surface area contributed by atoms with E-state index in [1.54, 1.807) is 17.4 Å². The Kier molecular flexibility index (Phi) is 5.09. The number of nitrogens with zero attached hydrogens (tertiary/aromatic N) is 3. The van der Waals surface area contributed by atoms with Gasteiger partial charge in [0, 0.05) is 17.3 Å². The number of rotatable bonds is 5. The molecule has 4 aromatic rings. The number of anilines is 2. The highest BCUT2D eigenvalue weighted by molar-refractivity contribution is 7.16. The molecule has 1 atom stereocenters. The molecule has 2 aromatic heterocycles. The van der Waals surface area contributed by atoms with Crippen molar-refractivity contribution in [1.29, 1.82) is 0 Å². The lowest BCUT2D eigenvalue weighted by Gasteiger charge is -2.17. The fourth-order valence-corrected chi connectivity index (χ4v) is 3.85. The van der Waals surface area contributed by atoms with E-state index in [1.807, 2.05) is 55.8 Å². The average Bonchev–Trinajstić information content (AvgIpc) is 3.15. The molecule has 1 unspecified atom stereocenters. The van der Waals surface area contributed by atoms with Gasteiger partial charge in [-0.1, -0.05) is 18.2 Å². The molecule has 0 aliphatic heterocycles. The summed E-state index contributed by atoms with van der Waals surface area (Å²) in [5.74, 6) is 1.42. The minimum absolute atomic E-state index is 0.0317. The largest absolute Gasteiger partial charge is 0.363 e. The third-order valence-electron chi connectivity index (χ3n) is 4.48. The van der Waals surface area contributed by atoms with Crippen molar-refractivity contribution in [2.24, 2.45) is 5.73 Å². The van der Waals surface area contributed by atoms with Crippen LogP contribution in [0, 0.1) is 6.92 Å². The molecular weight excluding hydrogens is 384 g/mol. The number of hydrogen-bond acceptors (Lipinski definition) is 6. The smallest absolute Gasteiger partial charge is 0.316 e. The summed E-state index contributed by atoms with van der Waals surface area (Å²) in [4.78, 5) is 24.5. The fraction of sp³-hybridized carbons (Fsp3) is 0.143. The number of primary amides is 1. The lowest BCUT2D eigenvalue weighted by atomic mass is 10.1. The number of benzene rings is 2. The van der Waals surface area contributed by atoms with Crippen LogP contribution in [0.15, 0.2) is 54.0 Å². The van der Waals surface area contributed by atoms with E-state index in [9.17, 15) is 4.79 Å². The minimum Gasteiger partial charge on any atom is -0.363 e. The number of amides is 2. The maximum absolute atomic E-state index is 11.1. The van der Waals surface area contributed by atoms with Gasteiger partial charge in [-0.15, -0.1) is 11.3 Å². The average molecular weight is 404 g/mol. The number of carbonyl (C=O) groups excluding carboxylic acids is 1. The fourth-order valence-electron chi connectivity index (χ4n) is 3.14. The molecule has 4 N–H and O–H groups in total. The summed E-state index contributed by atoms with van der Waals surface area (Å²) in [7, 11) is 0. The maximum atomic E-state index is 11.1. The zero-order valence-corrected chi connectivity index (χ0v) is 16.8. The number of aromatic nitrogens is 3. The summed E-state index contributed by atoms with van der Waals surface area (Å²) in [6.07, 6.45) is 0.